The molecule has 0 bridgehead atoms. The molecule has 0 aliphatic carbocycles. The third-order valence-electron chi connectivity index (χ3n) is 1.59. The van der Waals surface area contributed by atoms with Crippen molar-refractivity contribution in [3.63, 3.8) is 0 Å². The minimum atomic E-state index is -2.76. The SMILES string of the molecule is Cl.OCC1OC(O)(O)C(O)C1O. The Kier molecular flexibility index (Phi) is 3.86. The fraction of sp³-hybridized carbons (Fsp3) is 1.00. The van der Waals surface area contributed by atoms with Crippen molar-refractivity contribution in [3.8, 4) is 0 Å². The van der Waals surface area contributed by atoms with E-state index >= 15 is 0 Å². The quantitative estimate of drug-likeness (QED) is 0.293. The lowest BCUT2D eigenvalue weighted by Gasteiger charge is -2.17. The largest absolute Gasteiger partial charge is 0.394 e. The number of halogens is 1. The van der Waals surface area contributed by atoms with E-state index in [9.17, 15) is 0 Å². The lowest BCUT2D eigenvalue weighted by molar-refractivity contribution is -0.355. The van der Waals surface area contributed by atoms with Crippen LogP contribution in [0.5, 0.6) is 0 Å². The van der Waals surface area contributed by atoms with Crippen molar-refractivity contribution >= 4 is 12.4 Å². The molecule has 3 atom stereocenters. The molecule has 6 nitrogen and oxygen atoms in total. The predicted molar refractivity (Wildman–Crippen MR) is 38.4 cm³/mol. The van der Waals surface area contributed by atoms with Crippen molar-refractivity contribution in [2.75, 3.05) is 6.61 Å². The maximum atomic E-state index is 8.94. The first-order chi connectivity index (χ1) is 4.99. The van der Waals surface area contributed by atoms with E-state index in [0.717, 1.165) is 0 Å². The summed E-state index contributed by atoms with van der Waals surface area (Å²) in [5.74, 6) is -2.76. The van der Waals surface area contributed by atoms with Gasteiger partial charge in [0.2, 0.25) is 0 Å². The molecule has 74 valence electrons. The van der Waals surface area contributed by atoms with Crippen LogP contribution >= 0.6 is 12.4 Å². The molecule has 0 aromatic heterocycles. The van der Waals surface area contributed by atoms with Crippen LogP contribution in [-0.4, -0.2) is 56.4 Å². The first-order valence-corrected chi connectivity index (χ1v) is 3.08. The predicted octanol–water partition coefficient (Wildman–Crippen LogP) is -2.84. The molecular weight excluding hydrogens is 192 g/mol. The molecule has 7 heteroatoms. The molecular formula is C5H11ClO6. The first-order valence-electron chi connectivity index (χ1n) is 3.08. The van der Waals surface area contributed by atoms with E-state index in [0.29, 0.717) is 0 Å². The van der Waals surface area contributed by atoms with E-state index in [2.05, 4.69) is 4.74 Å². The number of hydrogen-bond acceptors (Lipinski definition) is 6. The summed E-state index contributed by atoms with van der Waals surface area (Å²) in [5, 5.41) is 43.7. The molecule has 1 rings (SSSR count). The van der Waals surface area contributed by atoms with Gasteiger partial charge in [0.05, 0.1) is 6.61 Å². The first kappa shape index (κ1) is 12.0. The van der Waals surface area contributed by atoms with Gasteiger partial charge in [-0.05, 0) is 0 Å². The fourth-order valence-electron chi connectivity index (χ4n) is 0.933. The molecule has 5 N–H and O–H groups in total. The maximum Gasteiger partial charge on any atom is 0.308 e. The van der Waals surface area contributed by atoms with Crippen LogP contribution in [-0.2, 0) is 4.74 Å². The number of ether oxygens (including phenoxy) is 1. The van der Waals surface area contributed by atoms with Gasteiger partial charge in [-0.25, -0.2) is 0 Å². The Hall–Kier alpha value is 0.0500. The zero-order valence-corrected chi connectivity index (χ0v) is 6.81. The Bertz CT molecular complexity index is 151. The van der Waals surface area contributed by atoms with E-state index in [-0.39, 0.29) is 12.4 Å². The molecule has 1 aliphatic heterocycles. The van der Waals surface area contributed by atoms with Gasteiger partial charge in [-0.1, -0.05) is 0 Å². The number of rotatable bonds is 1. The van der Waals surface area contributed by atoms with E-state index in [1.807, 2.05) is 0 Å². The van der Waals surface area contributed by atoms with Gasteiger partial charge >= 0.3 is 5.97 Å². The summed E-state index contributed by atoms with van der Waals surface area (Å²) in [7, 11) is 0. The van der Waals surface area contributed by atoms with Crippen molar-refractivity contribution in [3.05, 3.63) is 0 Å². The van der Waals surface area contributed by atoms with E-state index in [1.54, 1.807) is 0 Å². The van der Waals surface area contributed by atoms with Gasteiger partial charge in [0.15, 0.2) is 6.10 Å². The Morgan fingerprint density at radius 1 is 1.25 bits per heavy atom. The second-order valence-electron chi connectivity index (χ2n) is 2.43. The Morgan fingerprint density at radius 3 is 1.92 bits per heavy atom. The van der Waals surface area contributed by atoms with Crippen LogP contribution in [0.1, 0.15) is 0 Å². The van der Waals surface area contributed by atoms with E-state index in [1.165, 1.54) is 0 Å². The van der Waals surface area contributed by atoms with Gasteiger partial charge < -0.3 is 30.3 Å². The standard InChI is InChI=1S/C5H10O6.ClH/c6-1-2-3(7)4(8)5(9,10)11-2;/h2-4,6-10H,1H2;1H. The third-order valence-corrected chi connectivity index (χ3v) is 1.59. The van der Waals surface area contributed by atoms with Crippen LogP contribution in [0, 0.1) is 0 Å². The van der Waals surface area contributed by atoms with Crippen molar-refractivity contribution in [2.24, 2.45) is 0 Å². The average molecular weight is 203 g/mol. The number of aliphatic hydroxyl groups is 5. The van der Waals surface area contributed by atoms with Gasteiger partial charge in [-0.3, -0.25) is 0 Å². The zero-order valence-electron chi connectivity index (χ0n) is 5.99. The third kappa shape index (κ3) is 1.86. The van der Waals surface area contributed by atoms with Gasteiger partial charge in [0.25, 0.3) is 0 Å². The van der Waals surface area contributed by atoms with Gasteiger partial charge in [0, 0.05) is 0 Å². The molecule has 12 heavy (non-hydrogen) atoms. The summed E-state index contributed by atoms with van der Waals surface area (Å²) in [4.78, 5) is 0. The monoisotopic (exact) mass is 202 g/mol. The molecule has 0 aromatic rings. The number of hydrogen-bond donors (Lipinski definition) is 5. The molecule has 0 saturated carbocycles. The molecule has 0 spiro atoms. The summed E-state index contributed by atoms with van der Waals surface area (Å²) in [6, 6.07) is 0. The topological polar surface area (TPSA) is 110 Å². The van der Waals surface area contributed by atoms with Crippen molar-refractivity contribution in [2.45, 2.75) is 24.3 Å². The van der Waals surface area contributed by atoms with Crippen LogP contribution < -0.4 is 0 Å². The van der Waals surface area contributed by atoms with E-state index < -0.39 is 30.9 Å². The highest BCUT2D eigenvalue weighted by Gasteiger charge is 2.52. The van der Waals surface area contributed by atoms with Crippen molar-refractivity contribution in [1.29, 1.82) is 0 Å². The zero-order chi connectivity index (χ0) is 8.65. The van der Waals surface area contributed by atoms with Gasteiger partial charge in [-0.2, -0.15) is 0 Å². The van der Waals surface area contributed by atoms with E-state index in [4.69, 9.17) is 25.5 Å². The molecule has 0 radical (unpaired) electrons. The van der Waals surface area contributed by atoms with Crippen LogP contribution in [0.2, 0.25) is 0 Å². The average Bonchev–Trinajstić information content (AvgIpc) is 2.13. The van der Waals surface area contributed by atoms with Crippen LogP contribution in [0.4, 0.5) is 0 Å². The molecule has 1 saturated heterocycles. The van der Waals surface area contributed by atoms with Crippen LogP contribution in [0.3, 0.4) is 0 Å². The summed E-state index contributed by atoms with van der Waals surface area (Å²) in [6.07, 6.45) is -4.44. The fourth-order valence-corrected chi connectivity index (χ4v) is 0.933. The lowest BCUT2D eigenvalue weighted by Crippen LogP contribution is -2.42. The molecule has 0 aromatic carbocycles. The molecule has 1 fully saturated rings. The normalized spacial score (nSPS) is 39.2. The van der Waals surface area contributed by atoms with Gasteiger partial charge in [-0.15, -0.1) is 12.4 Å². The van der Waals surface area contributed by atoms with Crippen molar-refractivity contribution < 1.29 is 30.3 Å². The highest BCUT2D eigenvalue weighted by molar-refractivity contribution is 5.85. The summed E-state index contributed by atoms with van der Waals surface area (Å²) in [5.41, 5.74) is 0. The van der Waals surface area contributed by atoms with Crippen LogP contribution in [0.25, 0.3) is 0 Å². The molecule has 3 unspecified atom stereocenters. The Morgan fingerprint density at radius 2 is 1.75 bits per heavy atom. The summed E-state index contributed by atoms with van der Waals surface area (Å²) >= 11 is 0. The molecule has 0 amide bonds. The van der Waals surface area contributed by atoms with Crippen LogP contribution in [0.15, 0.2) is 0 Å². The smallest absolute Gasteiger partial charge is 0.308 e. The molecule has 1 heterocycles. The minimum Gasteiger partial charge on any atom is -0.394 e. The minimum absolute atomic E-state index is 0. The molecule has 1 aliphatic rings. The highest BCUT2D eigenvalue weighted by Crippen LogP contribution is 2.26. The lowest BCUT2D eigenvalue weighted by atomic mass is 10.1. The summed E-state index contributed by atoms with van der Waals surface area (Å²) in [6.45, 7) is -0.582. The second kappa shape index (κ2) is 3.84. The Balaban J connectivity index is 0.00000121. The maximum absolute atomic E-state index is 8.94. The van der Waals surface area contributed by atoms with Crippen molar-refractivity contribution in [1.82, 2.24) is 0 Å². The summed E-state index contributed by atoms with van der Waals surface area (Å²) < 4.78 is 4.28. The Labute approximate surface area is 74.4 Å². The number of aliphatic hydroxyl groups excluding tert-OH is 3. The van der Waals surface area contributed by atoms with Gasteiger partial charge in [0.1, 0.15) is 12.2 Å². The highest BCUT2D eigenvalue weighted by atomic mass is 35.5. The second-order valence-corrected chi connectivity index (χ2v) is 2.43.